The van der Waals surface area contributed by atoms with Crippen LogP contribution in [0.15, 0.2) is 18.2 Å². The predicted octanol–water partition coefficient (Wildman–Crippen LogP) is 2.79. The molecule has 0 unspecified atom stereocenters. The first kappa shape index (κ1) is 13.2. The number of nitrogens with two attached hydrogens (primary N) is 1. The van der Waals surface area contributed by atoms with E-state index in [0.717, 1.165) is 29.2 Å². The summed E-state index contributed by atoms with van der Waals surface area (Å²) in [5.41, 5.74) is 7.79. The largest absolute Gasteiger partial charge is 0.366 e. The zero-order valence-electron chi connectivity index (χ0n) is 11.9. The van der Waals surface area contributed by atoms with E-state index in [0.29, 0.717) is 5.56 Å². The Morgan fingerprint density at radius 2 is 2.10 bits per heavy atom. The lowest BCUT2D eigenvalue weighted by Crippen LogP contribution is -2.12. The van der Waals surface area contributed by atoms with Crippen molar-refractivity contribution >= 4 is 16.9 Å². The number of aromatic nitrogens is 2. The van der Waals surface area contributed by atoms with Crippen molar-refractivity contribution in [3.8, 4) is 0 Å². The van der Waals surface area contributed by atoms with Gasteiger partial charge in [0.15, 0.2) is 0 Å². The second-order valence-corrected chi connectivity index (χ2v) is 5.86. The van der Waals surface area contributed by atoms with Crippen LogP contribution in [0.1, 0.15) is 48.3 Å². The van der Waals surface area contributed by atoms with E-state index in [1.807, 2.05) is 6.07 Å². The molecule has 0 aliphatic heterocycles. The molecule has 1 aliphatic carbocycles. The van der Waals surface area contributed by atoms with Gasteiger partial charge in [-0.15, -0.1) is 0 Å². The Balaban J connectivity index is 1.91. The van der Waals surface area contributed by atoms with Gasteiger partial charge >= 0.3 is 0 Å². The molecule has 1 aliphatic rings. The molecule has 0 atom stereocenters. The maximum atomic E-state index is 11.2. The van der Waals surface area contributed by atoms with Crippen LogP contribution in [0.5, 0.6) is 0 Å². The second kappa shape index (κ2) is 5.27. The molecule has 1 heterocycles. The van der Waals surface area contributed by atoms with Crippen LogP contribution < -0.4 is 5.73 Å². The number of rotatable bonds is 3. The van der Waals surface area contributed by atoms with Crippen molar-refractivity contribution < 1.29 is 4.79 Å². The smallest absolute Gasteiger partial charge is 0.248 e. The second-order valence-electron chi connectivity index (χ2n) is 5.86. The van der Waals surface area contributed by atoms with Crippen LogP contribution in [0, 0.1) is 5.92 Å². The summed E-state index contributed by atoms with van der Waals surface area (Å²) < 4.78 is 2.15. The van der Waals surface area contributed by atoms with Crippen LogP contribution in [-0.4, -0.2) is 15.5 Å². The SMILES string of the molecule is Cn1c(CC2CCCCC2)nc2cc(C(N)=O)ccc21. The van der Waals surface area contributed by atoms with Gasteiger partial charge in [-0.05, 0) is 24.1 Å². The highest BCUT2D eigenvalue weighted by Crippen LogP contribution is 2.27. The van der Waals surface area contributed by atoms with E-state index in [-0.39, 0.29) is 0 Å². The third-order valence-electron chi connectivity index (χ3n) is 4.45. The molecule has 106 valence electrons. The maximum Gasteiger partial charge on any atom is 0.248 e. The minimum atomic E-state index is -0.397. The summed E-state index contributed by atoms with van der Waals surface area (Å²) in [7, 11) is 2.05. The molecule has 2 aromatic rings. The van der Waals surface area contributed by atoms with Crippen LogP contribution in [0.25, 0.3) is 11.0 Å². The fraction of sp³-hybridized carbons (Fsp3) is 0.500. The minimum absolute atomic E-state index is 0.397. The van der Waals surface area contributed by atoms with Gasteiger partial charge in [0.2, 0.25) is 5.91 Å². The molecule has 1 fully saturated rings. The number of nitrogens with zero attached hydrogens (tertiary/aromatic N) is 2. The number of aryl methyl sites for hydroxylation is 1. The predicted molar refractivity (Wildman–Crippen MR) is 79.5 cm³/mol. The molecular formula is C16H21N3O. The number of benzene rings is 1. The lowest BCUT2D eigenvalue weighted by Gasteiger charge is -2.20. The molecule has 0 radical (unpaired) electrons. The third-order valence-corrected chi connectivity index (χ3v) is 4.45. The molecular weight excluding hydrogens is 250 g/mol. The summed E-state index contributed by atoms with van der Waals surface area (Å²) in [6.07, 6.45) is 7.74. The minimum Gasteiger partial charge on any atom is -0.366 e. The zero-order chi connectivity index (χ0) is 14.1. The van der Waals surface area contributed by atoms with E-state index in [1.165, 1.54) is 32.1 Å². The van der Waals surface area contributed by atoms with Crippen LogP contribution in [0.2, 0.25) is 0 Å². The molecule has 2 N–H and O–H groups in total. The van der Waals surface area contributed by atoms with Crippen molar-refractivity contribution in [3.63, 3.8) is 0 Å². The number of primary amides is 1. The summed E-state index contributed by atoms with van der Waals surface area (Å²) in [5.74, 6) is 1.48. The standard InChI is InChI=1S/C16H21N3O/c1-19-14-8-7-12(16(17)20)10-13(14)18-15(19)9-11-5-3-2-4-6-11/h7-8,10-11H,2-6,9H2,1H3,(H2,17,20). The first-order valence-corrected chi connectivity index (χ1v) is 7.40. The topological polar surface area (TPSA) is 60.9 Å². The first-order chi connectivity index (χ1) is 9.65. The summed E-state index contributed by atoms with van der Waals surface area (Å²) in [6.45, 7) is 0. The lowest BCUT2D eigenvalue weighted by molar-refractivity contribution is 0.100. The fourth-order valence-electron chi connectivity index (χ4n) is 3.23. The molecule has 20 heavy (non-hydrogen) atoms. The maximum absolute atomic E-state index is 11.2. The molecule has 1 aromatic carbocycles. The highest BCUT2D eigenvalue weighted by Gasteiger charge is 2.17. The van der Waals surface area contributed by atoms with E-state index in [1.54, 1.807) is 12.1 Å². The number of carbonyl (C=O) groups excluding carboxylic acids is 1. The quantitative estimate of drug-likeness (QED) is 0.933. The summed E-state index contributed by atoms with van der Waals surface area (Å²) in [6, 6.07) is 5.51. The molecule has 0 saturated heterocycles. The van der Waals surface area contributed by atoms with Crippen LogP contribution in [0.3, 0.4) is 0 Å². The molecule has 0 spiro atoms. The normalized spacial score (nSPS) is 16.6. The monoisotopic (exact) mass is 271 g/mol. The molecule has 1 aromatic heterocycles. The Kier molecular flexibility index (Phi) is 3.47. The highest BCUT2D eigenvalue weighted by atomic mass is 16.1. The number of fused-ring (bicyclic) bond motifs is 1. The van der Waals surface area contributed by atoms with Crippen molar-refractivity contribution in [3.05, 3.63) is 29.6 Å². The van der Waals surface area contributed by atoms with Gasteiger partial charge in [0, 0.05) is 19.0 Å². The molecule has 1 saturated carbocycles. The number of amides is 1. The Bertz CT molecular complexity index is 638. The van der Waals surface area contributed by atoms with Crippen LogP contribution in [0.4, 0.5) is 0 Å². The van der Waals surface area contributed by atoms with Crippen molar-refractivity contribution in [1.29, 1.82) is 0 Å². The number of hydrogen-bond donors (Lipinski definition) is 1. The lowest BCUT2D eigenvalue weighted by atomic mass is 9.87. The van der Waals surface area contributed by atoms with Crippen molar-refractivity contribution in [2.24, 2.45) is 18.7 Å². The van der Waals surface area contributed by atoms with Gasteiger partial charge in [-0.2, -0.15) is 0 Å². The van der Waals surface area contributed by atoms with Gasteiger partial charge in [0.1, 0.15) is 5.82 Å². The van der Waals surface area contributed by atoms with E-state index in [2.05, 4.69) is 11.6 Å². The highest BCUT2D eigenvalue weighted by molar-refractivity contribution is 5.96. The zero-order valence-corrected chi connectivity index (χ0v) is 11.9. The van der Waals surface area contributed by atoms with Crippen LogP contribution >= 0.6 is 0 Å². The average Bonchev–Trinajstić information content (AvgIpc) is 2.76. The Morgan fingerprint density at radius 1 is 1.35 bits per heavy atom. The van der Waals surface area contributed by atoms with Gasteiger partial charge in [-0.25, -0.2) is 4.98 Å². The van der Waals surface area contributed by atoms with Crippen molar-refractivity contribution in [2.45, 2.75) is 38.5 Å². The van der Waals surface area contributed by atoms with E-state index in [4.69, 9.17) is 10.7 Å². The molecule has 0 bridgehead atoms. The fourth-order valence-corrected chi connectivity index (χ4v) is 3.23. The van der Waals surface area contributed by atoms with E-state index < -0.39 is 5.91 Å². The van der Waals surface area contributed by atoms with E-state index >= 15 is 0 Å². The van der Waals surface area contributed by atoms with Gasteiger partial charge in [-0.3, -0.25) is 4.79 Å². The van der Waals surface area contributed by atoms with Gasteiger partial charge in [0.05, 0.1) is 11.0 Å². The molecule has 1 amide bonds. The molecule has 4 nitrogen and oxygen atoms in total. The summed E-state index contributed by atoms with van der Waals surface area (Å²) in [4.78, 5) is 15.9. The Hall–Kier alpha value is -1.84. The Morgan fingerprint density at radius 3 is 2.80 bits per heavy atom. The number of hydrogen-bond acceptors (Lipinski definition) is 2. The number of carbonyl (C=O) groups is 1. The summed E-state index contributed by atoms with van der Waals surface area (Å²) >= 11 is 0. The van der Waals surface area contributed by atoms with Crippen molar-refractivity contribution in [2.75, 3.05) is 0 Å². The van der Waals surface area contributed by atoms with Gasteiger partial charge in [-0.1, -0.05) is 32.1 Å². The van der Waals surface area contributed by atoms with Crippen molar-refractivity contribution in [1.82, 2.24) is 9.55 Å². The van der Waals surface area contributed by atoms with Gasteiger partial charge < -0.3 is 10.3 Å². The summed E-state index contributed by atoms with van der Waals surface area (Å²) in [5, 5.41) is 0. The number of imidazole rings is 1. The van der Waals surface area contributed by atoms with Gasteiger partial charge in [0.25, 0.3) is 0 Å². The average molecular weight is 271 g/mol. The van der Waals surface area contributed by atoms with E-state index in [9.17, 15) is 4.79 Å². The third kappa shape index (κ3) is 2.42. The molecule has 4 heteroatoms. The Labute approximate surface area is 119 Å². The first-order valence-electron chi connectivity index (χ1n) is 7.40. The molecule has 3 rings (SSSR count). The van der Waals surface area contributed by atoms with Crippen LogP contribution in [-0.2, 0) is 13.5 Å².